The van der Waals surface area contributed by atoms with Crippen LogP contribution in [0.3, 0.4) is 0 Å². The third-order valence-electron chi connectivity index (χ3n) is 3.27. The molecule has 7 heteroatoms. The minimum absolute atomic E-state index is 0.127. The zero-order valence-corrected chi connectivity index (χ0v) is 13.8. The highest BCUT2D eigenvalue weighted by molar-refractivity contribution is 9.10. The summed E-state index contributed by atoms with van der Waals surface area (Å²) >= 11 is 3.42. The van der Waals surface area contributed by atoms with Gasteiger partial charge in [0.2, 0.25) is 0 Å². The monoisotopic (exact) mass is 366 g/mol. The summed E-state index contributed by atoms with van der Waals surface area (Å²) in [6, 6.07) is 5.25. The Labute approximate surface area is 136 Å². The molecule has 116 valence electrons. The van der Waals surface area contributed by atoms with Crippen LogP contribution in [0, 0.1) is 6.92 Å². The van der Waals surface area contributed by atoms with Crippen LogP contribution in [0.1, 0.15) is 21.8 Å². The maximum absolute atomic E-state index is 12.5. The standard InChI is InChI=1S/C15H15BrN2O4/c1-9-5-11(17-22-9)8-18(2)15(19)10-6-12(16)14-13(7-10)20-3-4-21-14/h5-7H,3-4,8H2,1-2H3. The zero-order valence-electron chi connectivity index (χ0n) is 12.3. The summed E-state index contributed by atoms with van der Waals surface area (Å²) in [5.74, 6) is 1.81. The number of aryl methyl sites for hydroxylation is 1. The lowest BCUT2D eigenvalue weighted by Gasteiger charge is -2.21. The van der Waals surface area contributed by atoms with Gasteiger partial charge in [0.15, 0.2) is 11.5 Å². The van der Waals surface area contributed by atoms with Crippen molar-refractivity contribution in [1.82, 2.24) is 10.1 Å². The van der Waals surface area contributed by atoms with Gasteiger partial charge in [-0.3, -0.25) is 4.79 Å². The Kier molecular flexibility index (Phi) is 4.06. The summed E-state index contributed by atoms with van der Waals surface area (Å²) in [6.07, 6.45) is 0. The van der Waals surface area contributed by atoms with Gasteiger partial charge in [-0.05, 0) is 35.0 Å². The summed E-state index contributed by atoms with van der Waals surface area (Å²) in [5, 5.41) is 3.90. The molecule has 0 saturated carbocycles. The molecule has 3 rings (SSSR count). The first-order valence-corrected chi connectivity index (χ1v) is 7.60. The number of benzene rings is 1. The fourth-order valence-electron chi connectivity index (χ4n) is 2.26. The summed E-state index contributed by atoms with van der Waals surface area (Å²) in [7, 11) is 1.72. The van der Waals surface area contributed by atoms with E-state index in [1.54, 1.807) is 24.1 Å². The Morgan fingerprint density at radius 3 is 2.82 bits per heavy atom. The molecular formula is C15H15BrN2O4. The van der Waals surface area contributed by atoms with Crippen LogP contribution >= 0.6 is 15.9 Å². The van der Waals surface area contributed by atoms with E-state index in [1.807, 2.05) is 13.0 Å². The number of nitrogens with zero attached hydrogens (tertiary/aromatic N) is 2. The lowest BCUT2D eigenvalue weighted by molar-refractivity contribution is 0.0781. The maximum atomic E-state index is 12.5. The van der Waals surface area contributed by atoms with E-state index in [2.05, 4.69) is 21.1 Å². The molecule has 2 aromatic rings. The second-order valence-electron chi connectivity index (χ2n) is 5.07. The molecule has 0 aliphatic carbocycles. The smallest absolute Gasteiger partial charge is 0.254 e. The van der Waals surface area contributed by atoms with E-state index >= 15 is 0 Å². The zero-order chi connectivity index (χ0) is 15.7. The molecule has 0 saturated heterocycles. The molecule has 1 amide bonds. The van der Waals surface area contributed by atoms with Crippen molar-refractivity contribution in [3.05, 3.63) is 39.7 Å². The van der Waals surface area contributed by atoms with Crippen LogP contribution in [0.25, 0.3) is 0 Å². The van der Waals surface area contributed by atoms with Gasteiger partial charge in [-0.1, -0.05) is 5.16 Å². The Balaban J connectivity index is 1.80. The van der Waals surface area contributed by atoms with E-state index in [4.69, 9.17) is 14.0 Å². The van der Waals surface area contributed by atoms with Gasteiger partial charge in [-0.25, -0.2) is 0 Å². The molecule has 1 aromatic heterocycles. The normalized spacial score (nSPS) is 13.0. The van der Waals surface area contributed by atoms with E-state index in [1.165, 1.54) is 0 Å². The average molecular weight is 367 g/mol. The van der Waals surface area contributed by atoms with Crippen molar-refractivity contribution in [3.8, 4) is 11.5 Å². The first kappa shape index (κ1) is 14.9. The van der Waals surface area contributed by atoms with Crippen molar-refractivity contribution in [2.24, 2.45) is 0 Å². The van der Waals surface area contributed by atoms with E-state index in [9.17, 15) is 4.79 Å². The molecule has 22 heavy (non-hydrogen) atoms. The predicted octanol–water partition coefficient (Wildman–Crippen LogP) is 2.79. The molecule has 0 atom stereocenters. The molecule has 0 unspecified atom stereocenters. The molecule has 0 bridgehead atoms. The number of ether oxygens (including phenoxy) is 2. The molecule has 1 aliphatic rings. The number of aromatic nitrogens is 1. The van der Waals surface area contributed by atoms with Crippen molar-refractivity contribution in [2.75, 3.05) is 20.3 Å². The number of halogens is 1. The molecule has 1 aromatic carbocycles. The third kappa shape index (κ3) is 2.94. The highest BCUT2D eigenvalue weighted by Gasteiger charge is 2.21. The van der Waals surface area contributed by atoms with E-state index in [0.29, 0.717) is 47.0 Å². The Bertz CT molecular complexity index is 714. The largest absolute Gasteiger partial charge is 0.486 e. The minimum atomic E-state index is -0.127. The number of hydrogen-bond acceptors (Lipinski definition) is 5. The summed E-state index contributed by atoms with van der Waals surface area (Å²) in [4.78, 5) is 14.1. The molecule has 6 nitrogen and oxygen atoms in total. The Hall–Kier alpha value is -2.02. The lowest BCUT2D eigenvalue weighted by atomic mass is 10.1. The van der Waals surface area contributed by atoms with Crippen molar-refractivity contribution in [1.29, 1.82) is 0 Å². The highest BCUT2D eigenvalue weighted by atomic mass is 79.9. The minimum Gasteiger partial charge on any atom is -0.486 e. The molecule has 0 radical (unpaired) electrons. The predicted molar refractivity (Wildman–Crippen MR) is 82.2 cm³/mol. The number of carbonyl (C=O) groups is 1. The van der Waals surface area contributed by atoms with Crippen molar-refractivity contribution in [3.63, 3.8) is 0 Å². The lowest BCUT2D eigenvalue weighted by Crippen LogP contribution is -2.26. The average Bonchev–Trinajstić information content (AvgIpc) is 2.91. The quantitative estimate of drug-likeness (QED) is 0.835. The van der Waals surface area contributed by atoms with E-state index in [-0.39, 0.29) is 5.91 Å². The van der Waals surface area contributed by atoms with Crippen LogP contribution < -0.4 is 9.47 Å². The summed E-state index contributed by atoms with van der Waals surface area (Å²) < 4.78 is 16.8. The highest BCUT2D eigenvalue weighted by Crippen LogP contribution is 2.38. The number of carbonyl (C=O) groups excluding carboxylic acids is 1. The number of rotatable bonds is 3. The molecule has 2 heterocycles. The van der Waals surface area contributed by atoms with Gasteiger partial charge in [0.05, 0.1) is 11.0 Å². The SMILES string of the molecule is Cc1cc(CN(C)C(=O)c2cc(Br)c3c(c2)OCCO3)no1. The molecular weight excluding hydrogens is 352 g/mol. The topological polar surface area (TPSA) is 64.8 Å². The second kappa shape index (κ2) is 6.00. The van der Waals surface area contributed by atoms with Crippen LogP contribution in [-0.2, 0) is 6.54 Å². The molecule has 1 aliphatic heterocycles. The fourth-order valence-corrected chi connectivity index (χ4v) is 2.82. The van der Waals surface area contributed by atoms with Crippen molar-refractivity contribution < 1.29 is 18.8 Å². The van der Waals surface area contributed by atoms with Crippen LogP contribution in [0.15, 0.2) is 27.2 Å². The van der Waals surface area contributed by atoms with E-state index < -0.39 is 0 Å². The van der Waals surface area contributed by atoms with Crippen molar-refractivity contribution in [2.45, 2.75) is 13.5 Å². The van der Waals surface area contributed by atoms with Crippen LogP contribution in [0.5, 0.6) is 11.5 Å². The molecule has 0 spiro atoms. The number of hydrogen-bond donors (Lipinski definition) is 0. The van der Waals surface area contributed by atoms with Crippen LogP contribution in [-0.4, -0.2) is 36.2 Å². The van der Waals surface area contributed by atoms with Gasteiger partial charge in [-0.15, -0.1) is 0 Å². The van der Waals surface area contributed by atoms with Gasteiger partial charge < -0.3 is 18.9 Å². The summed E-state index contributed by atoms with van der Waals surface area (Å²) in [6.45, 7) is 3.17. The first-order valence-electron chi connectivity index (χ1n) is 6.81. The van der Waals surface area contributed by atoms with E-state index in [0.717, 1.165) is 5.76 Å². The Morgan fingerprint density at radius 2 is 2.09 bits per heavy atom. The van der Waals surface area contributed by atoms with Gasteiger partial charge >= 0.3 is 0 Å². The number of amides is 1. The van der Waals surface area contributed by atoms with Crippen LogP contribution in [0.2, 0.25) is 0 Å². The van der Waals surface area contributed by atoms with Crippen molar-refractivity contribution >= 4 is 21.8 Å². The molecule has 0 N–H and O–H groups in total. The van der Waals surface area contributed by atoms with Gasteiger partial charge in [-0.2, -0.15) is 0 Å². The van der Waals surface area contributed by atoms with Gasteiger partial charge in [0, 0.05) is 18.7 Å². The van der Waals surface area contributed by atoms with Crippen LogP contribution in [0.4, 0.5) is 0 Å². The summed E-state index contributed by atoms with van der Waals surface area (Å²) in [5.41, 5.74) is 1.24. The Morgan fingerprint density at radius 1 is 1.32 bits per heavy atom. The fraction of sp³-hybridized carbons (Fsp3) is 0.333. The number of fused-ring (bicyclic) bond motifs is 1. The maximum Gasteiger partial charge on any atom is 0.254 e. The third-order valence-corrected chi connectivity index (χ3v) is 3.86. The van der Waals surface area contributed by atoms with Gasteiger partial charge in [0.1, 0.15) is 24.7 Å². The van der Waals surface area contributed by atoms with Gasteiger partial charge in [0.25, 0.3) is 5.91 Å². The second-order valence-corrected chi connectivity index (χ2v) is 5.93. The molecule has 0 fully saturated rings. The first-order chi connectivity index (χ1) is 10.5.